The van der Waals surface area contributed by atoms with Crippen LogP contribution >= 0.6 is 55.9 Å². The van der Waals surface area contributed by atoms with Crippen LogP contribution in [0.1, 0.15) is 115 Å². The molecule has 108 heavy (non-hydrogen) atoms. The van der Waals surface area contributed by atoms with Gasteiger partial charge in [0.05, 0.1) is 109 Å². The number of rotatable bonds is 31. The van der Waals surface area contributed by atoms with E-state index >= 15 is 0 Å². The van der Waals surface area contributed by atoms with E-state index in [2.05, 4.69) is 45.0 Å². The largest absolute Gasteiger partial charge is 0.494 e. The molecule has 35 heteroatoms. The average molecular weight is 1680 g/mol. The monoisotopic (exact) mass is 1680 g/mol. The van der Waals surface area contributed by atoms with Crippen molar-refractivity contribution in [2.45, 2.75) is 221 Å². The number of hydrazone groups is 1. The van der Waals surface area contributed by atoms with Crippen molar-refractivity contribution >= 4 is 96.4 Å². The standard InChI is InChI=1S/C73H97IN6O25S3/c1-15-80(41(7)81)45-35-98-52(32-49(45)92-10)103-65-60(87)57(79-105-53-31-46(82)67(40(6)99-53)107-68(89)54-36(2)56(74)63(66(95-13)62(54)93-11)104-69-61(88)64(94-12)59(86)39(5)101-69)38(4)100-70(65)102-48-21-18-16-17-19-28-73(91)33-47(83)58(76-71(90)96-14)55(48)44(73)27-30-106-108-72(8,9)34-51(85)78-77-37(3)42-23-25-43(26-24-42)97-29-20-22-50(75)84/h16-17,23-27,38-40,45-46,48-49,52-53,57,59-61,64-65,67,69-70,79,82,86-88,91H,15,20,22,29-35H2,1-14H3,(H2,75,84)(H,76,90)(H,78,85)/b17-16-,44-27+,77-37+/t38-,39+,40-,45+,46+,48?,49+,52+,53+,57-,59+,60+,61-,64-,65-,67-,69+,70+,73+/m1/s1. The normalized spacial score (nSPS) is 30.7. The Morgan fingerprint density at radius 1 is 0.870 bits per heavy atom. The highest BCUT2D eigenvalue weighted by atomic mass is 127. The molecule has 0 spiro atoms. The zero-order chi connectivity index (χ0) is 79.1. The number of aliphatic hydroxyl groups is 5. The molecule has 4 saturated heterocycles. The summed E-state index contributed by atoms with van der Waals surface area (Å²) in [5, 5.41) is 64.5. The summed E-state index contributed by atoms with van der Waals surface area (Å²) in [5.74, 6) is 10.5. The number of nitrogens with one attached hydrogen (secondary N) is 3. The smallest absolute Gasteiger partial charge is 0.411 e. The third kappa shape index (κ3) is 21.7. The predicted octanol–water partition coefficient (Wildman–Crippen LogP) is 4.53. The van der Waals surface area contributed by atoms with E-state index in [4.69, 9.17) is 72.2 Å². The van der Waals surface area contributed by atoms with Crippen molar-refractivity contribution in [1.29, 1.82) is 0 Å². The van der Waals surface area contributed by atoms with Crippen molar-refractivity contribution in [2.24, 2.45) is 10.8 Å². The van der Waals surface area contributed by atoms with Gasteiger partial charge in [-0.15, -0.1) is 0 Å². The second kappa shape index (κ2) is 39.8. The molecule has 4 heterocycles. The second-order valence-corrected chi connectivity index (χ2v) is 32.0. The summed E-state index contributed by atoms with van der Waals surface area (Å²) in [6.07, 6.45) is -15.2. The molecule has 2 aromatic carbocycles. The van der Waals surface area contributed by atoms with Crippen molar-refractivity contribution < 1.29 is 121 Å². The summed E-state index contributed by atoms with van der Waals surface area (Å²) in [6.45, 7) is 15.9. The van der Waals surface area contributed by atoms with Crippen molar-refractivity contribution in [1.82, 2.24) is 21.1 Å². The third-order valence-electron chi connectivity index (χ3n) is 18.6. The maximum atomic E-state index is 14.6. The van der Waals surface area contributed by atoms with Crippen LogP contribution in [0.15, 0.2) is 64.4 Å². The van der Waals surface area contributed by atoms with Gasteiger partial charge in [0.15, 0.2) is 41.8 Å². The summed E-state index contributed by atoms with van der Waals surface area (Å²) in [4.78, 5) is 87.5. The number of ether oxygens (including phenoxy) is 13. The fraction of sp³-hybridized carbons (Fsp3) is 0.603. The Hall–Kier alpha value is -6.15. The van der Waals surface area contributed by atoms with Crippen molar-refractivity contribution in [2.75, 3.05) is 61.1 Å². The van der Waals surface area contributed by atoms with Crippen LogP contribution in [0, 0.1) is 34.2 Å². The topological polar surface area (TPSA) is 411 Å². The van der Waals surface area contributed by atoms with E-state index in [1.54, 1.807) is 69.9 Å². The number of fused-ring (bicyclic) bond motifs is 2. The Bertz CT molecular complexity index is 3800. The van der Waals surface area contributed by atoms with Gasteiger partial charge in [0.1, 0.15) is 42.4 Å². The third-order valence-corrected chi connectivity index (χ3v) is 24.4. The predicted molar refractivity (Wildman–Crippen MR) is 405 cm³/mol. The number of hydroxylamine groups is 1. The van der Waals surface area contributed by atoms with E-state index in [1.165, 1.54) is 69.1 Å². The maximum Gasteiger partial charge on any atom is 0.411 e. The summed E-state index contributed by atoms with van der Waals surface area (Å²) < 4.78 is 78.2. The lowest BCUT2D eigenvalue weighted by Gasteiger charge is -2.47. The number of ketones is 1. The molecule has 0 saturated carbocycles. The van der Waals surface area contributed by atoms with Gasteiger partial charge in [0.2, 0.25) is 34.9 Å². The van der Waals surface area contributed by atoms with Crippen molar-refractivity contribution in [3.63, 3.8) is 0 Å². The van der Waals surface area contributed by atoms with E-state index in [0.717, 1.165) is 24.4 Å². The highest BCUT2D eigenvalue weighted by molar-refractivity contribution is 14.1. The molecule has 4 fully saturated rings. The number of hydrogen-bond donors (Lipinski definition) is 9. The van der Waals surface area contributed by atoms with Gasteiger partial charge in [0, 0.05) is 75.0 Å². The van der Waals surface area contributed by atoms with Gasteiger partial charge < -0.3 is 97.7 Å². The van der Waals surface area contributed by atoms with Crippen LogP contribution in [0.2, 0.25) is 0 Å². The molecule has 10 N–H and O–H groups in total. The van der Waals surface area contributed by atoms with E-state index in [-0.39, 0.29) is 89.5 Å². The fourth-order valence-electron chi connectivity index (χ4n) is 13.0. The van der Waals surface area contributed by atoms with Crippen LogP contribution in [0.3, 0.4) is 0 Å². The van der Waals surface area contributed by atoms with Crippen LogP contribution in [0.25, 0.3) is 0 Å². The number of hydrogen-bond acceptors (Lipinski definition) is 30. The molecular weight excluding hydrogens is 1580 g/mol. The van der Waals surface area contributed by atoms with Crippen LogP contribution < -0.4 is 40.9 Å². The summed E-state index contributed by atoms with van der Waals surface area (Å²) in [6, 6.07) is 5.36. The van der Waals surface area contributed by atoms with Gasteiger partial charge in [-0.1, -0.05) is 63.1 Å². The number of benzene rings is 2. The van der Waals surface area contributed by atoms with Gasteiger partial charge in [0.25, 0.3) is 0 Å². The minimum Gasteiger partial charge on any atom is -0.494 e. The van der Waals surface area contributed by atoms with Crippen LogP contribution in [0.4, 0.5) is 4.79 Å². The van der Waals surface area contributed by atoms with Crippen molar-refractivity contribution in [3.05, 3.63) is 79.6 Å². The first kappa shape index (κ1) is 87.4. The lowest BCUT2D eigenvalue weighted by molar-refractivity contribution is -0.337. The number of aliphatic hydroxyl groups excluding tert-OH is 4. The number of thioether (sulfide) groups is 1. The Labute approximate surface area is 653 Å². The number of likely N-dealkylation sites (N-methyl/N-ethyl adjacent to an activating group) is 1. The number of halogens is 1. The van der Waals surface area contributed by atoms with E-state index < -0.39 is 149 Å². The van der Waals surface area contributed by atoms with E-state index in [0.29, 0.717) is 40.2 Å². The number of primary amides is 1. The summed E-state index contributed by atoms with van der Waals surface area (Å²) in [5.41, 5.74) is 9.81. The number of carbonyl (C=O) groups is 6. The second-order valence-electron chi connectivity index (χ2n) is 26.7. The molecule has 0 radical (unpaired) electrons. The Morgan fingerprint density at radius 2 is 1.57 bits per heavy atom. The molecule has 2 aromatic rings. The number of nitrogens with zero attached hydrogens (tertiary/aromatic N) is 2. The molecular formula is C73H97IN6O25S3. The molecule has 8 rings (SSSR count). The van der Waals surface area contributed by atoms with Crippen LogP contribution in [-0.4, -0.2) is 252 Å². The quantitative estimate of drug-likeness (QED) is 0.0125. The zero-order valence-corrected chi connectivity index (χ0v) is 67.1. The highest BCUT2D eigenvalue weighted by Gasteiger charge is 2.53. The molecule has 6 aliphatic rings. The number of alkyl carbamates (subject to hydrolysis) is 1. The van der Waals surface area contributed by atoms with Gasteiger partial charge in [-0.05, 0) is 132 Å². The van der Waals surface area contributed by atoms with E-state index in [9.17, 15) is 54.3 Å². The van der Waals surface area contributed by atoms with Crippen LogP contribution in [0.5, 0.6) is 23.0 Å². The summed E-state index contributed by atoms with van der Waals surface area (Å²) in [7, 11) is 9.28. The van der Waals surface area contributed by atoms with Gasteiger partial charge in [-0.2, -0.15) is 10.6 Å². The maximum absolute atomic E-state index is 14.6. The Morgan fingerprint density at radius 3 is 2.22 bits per heavy atom. The number of methoxy groups -OCH3 is 5. The molecule has 2 aliphatic carbocycles. The zero-order valence-electron chi connectivity index (χ0n) is 62.5. The molecule has 594 valence electrons. The SMILES string of the molecule is CCN(C(C)=O)[C@H]1CO[C@@H](O[C@H]2[C@H](OC3C#C/C=C\C#C[C@]4(O)CC(=O)C(NC(=O)OC)=C3/C4=C\CSSC(C)(C)CC(=O)N/N=C(\C)c3ccc(OCCCC(N)=O)cc3)O[C@H](C)[C@@H](NO[C@H]3C[C@H](O)[C@H](SC(=O)c4c(C)c(I)c(O[C@@H]5O[C@@H](C)[C@H](O)[C@@H](OC)[C@H]5O)c(OC)c4OC)[C@@H](C)O3)[C@@H]2O)C[C@@H]1OC. The first-order valence-corrected chi connectivity index (χ1v) is 39.2. The Kier molecular flexibility index (Phi) is 32.3. The Balaban J connectivity index is 1.02. The van der Waals surface area contributed by atoms with Gasteiger partial charge >= 0.3 is 6.09 Å². The fourth-order valence-corrected chi connectivity index (χ4v) is 17.1. The number of carbonyl (C=O) groups excluding carboxylic acids is 6. The minimum absolute atomic E-state index is 0.00339. The van der Waals surface area contributed by atoms with E-state index in [1.807, 2.05) is 43.4 Å². The average Bonchev–Trinajstić information content (AvgIpc) is 0.755. The number of amides is 4. The minimum atomic E-state index is -2.23. The van der Waals surface area contributed by atoms with Crippen molar-refractivity contribution in [3.8, 4) is 46.7 Å². The van der Waals surface area contributed by atoms with Gasteiger partial charge in [-0.25, -0.2) is 10.2 Å². The van der Waals surface area contributed by atoms with Crippen LogP contribution in [-0.2, 0) is 66.6 Å². The number of allylic oxidation sites excluding steroid dienone is 3. The highest BCUT2D eigenvalue weighted by Crippen LogP contribution is 2.49. The molecule has 4 amide bonds. The molecule has 19 atom stereocenters. The molecule has 2 bridgehead atoms. The molecule has 1 unspecified atom stereocenters. The number of Topliss-reactive ketones (excluding diaryl/α,β-unsaturated/α-hetero) is 1. The lowest BCUT2D eigenvalue weighted by Crippen LogP contribution is -2.65. The first-order chi connectivity index (χ1) is 51.3. The first-order valence-electron chi connectivity index (χ1n) is 34.9. The lowest BCUT2D eigenvalue weighted by atomic mass is 9.75. The molecule has 4 aliphatic heterocycles. The van der Waals surface area contributed by atoms with Gasteiger partial charge in [-0.3, -0.25) is 34.1 Å². The summed E-state index contributed by atoms with van der Waals surface area (Å²) >= 11 is 2.78. The number of nitrogens with two attached hydrogens (primary N) is 1. The molecule has 31 nitrogen and oxygen atoms in total. The molecule has 0 aromatic heterocycles.